The fourth-order valence-electron chi connectivity index (χ4n) is 3.89. The second-order valence-electron chi connectivity index (χ2n) is 8.29. The van der Waals surface area contributed by atoms with Crippen molar-refractivity contribution in [3.63, 3.8) is 0 Å². The third-order valence-electron chi connectivity index (χ3n) is 5.32. The summed E-state index contributed by atoms with van der Waals surface area (Å²) in [6, 6.07) is 0.746. The van der Waals surface area contributed by atoms with Crippen molar-refractivity contribution < 1.29 is 27.5 Å². The lowest BCUT2D eigenvalue weighted by Gasteiger charge is -2.17. The molecule has 0 bridgehead atoms. The van der Waals surface area contributed by atoms with Gasteiger partial charge in [0.15, 0.2) is 5.82 Å². The molecule has 176 valence electrons. The number of aromatic amines is 1. The number of carbonyl (C=O) groups excluding carboxylic acids is 2. The summed E-state index contributed by atoms with van der Waals surface area (Å²) in [5.41, 5.74) is 1.68. The Morgan fingerprint density at radius 3 is 2.84 bits per heavy atom. The summed E-state index contributed by atoms with van der Waals surface area (Å²) in [6.07, 6.45) is -0.268. The van der Waals surface area contributed by atoms with Crippen LogP contribution in [0.5, 0.6) is 0 Å². The van der Waals surface area contributed by atoms with Crippen LogP contribution in [0.3, 0.4) is 0 Å². The van der Waals surface area contributed by atoms with Crippen LogP contribution >= 0.6 is 0 Å². The van der Waals surface area contributed by atoms with Gasteiger partial charge in [0.1, 0.15) is 0 Å². The zero-order chi connectivity index (χ0) is 23.3. The van der Waals surface area contributed by atoms with Gasteiger partial charge >= 0.3 is 12.3 Å². The maximum atomic E-state index is 12.3. The number of ether oxygens (including phenoxy) is 1. The lowest BCUT2D eigenvalue weighted by molar-refractivity contribution is -0.138. The first kappa shape index (κ1) is 23.6. The van der Waals surface area contributed by atoms with Gasteiger partial charge in [0, 0.05) is 37.0 Å². The van der Waals surface area contributed by atoms with Gasteiger partial charge in [-0.05, 0) is 37.7 Å². The Kier molecular flexibility index (Phi) is 7.41. The Morgan fingerprint density at radius 2 is 2.16 bits per heavy atom. The van der Waals surface area contributed by atoms with E-state index in [0.717, 1.165) is 30.5 Å². The zero-order valence-electron chi connectivity index (χ0n) is 17.9. The van der Waals surface area contributed by atoms with Crippen molar-refractivity contribution in [2.45, 2.75) is 57.2 Å². The highest BCUT2D eigenvalue weighted by Crippen LogP contribution is 2.38. The van der Waals surface area contributed by atoms with Crippen LogP contribution in [0.25, 0.3) is 0 Å². The molecule has 9 nitrogen and oxygen atoms in total. The molecule has 1 aliphatic carbocycles. The Morgan fingerprint density at radius 1 is 1.38 bits per heavy atom. The highest BCUT2D eigenvalue weighted by Gasteiger charge is 2.31. The highest BCUT2D eigenvalue weighted by atomic mass is 19.4. The number of anilines is 1. The molecule has 3 atom stereocenters. The van der Waals surface area contributed by atoms with Crippen molar-refractivity contribution in [1.29, 1.82) is 0 Å². The molecule has 12 heteroatoms. The Balaban J connectivity index is 1.40. The van der Waals surface area contributed by atoms with E-state index in [-0.39, 0.29) is 30.8 Å². The molecule has 1 saturated carbocycles. The number of nitrogens with zero attached hydrogens (tertiary/aromatic N) is 3. The fourth-order valence-corrected chi connectivity index (χ4v) is 3.89. The molecule has 0 spiro atoms. The number of aryl methyl sites for hydroxylation is 1. The Labute approximate surface area is 183 Å². The van der Waals surface area contributed by atoms with E-state index in [1.54, 1.807) is 30.2 Å². The monoisotopic (exact) mass is 456 g/mol. The molecule has 0 aliphatic heterocycles. The third kappa shape index (κ3) is 7.27. The summed E-state index contributed by atoms with van der Waals surface area (Å²) in [4.78, 5) is 23.9. The number of aromatic nitrogens is 4. The maximum Gasteiger partial charge on any atom is 0.407 e. The van der Waals surface area contributed by atoms with Crippen LogP contribution in [0.4, 0.5) is 23.8 Å². The van der Waals surface area contributed by atoms with Gasteiger partial charge < -0.3 is 15.4 Å². The molecule has 32 heavy (non-hydrogen) atoms. The molecule has 1 fully saturated rings. The number of rotatable bonds is 8. The average Bonchev–Trinajstić information content (AvgIpc) is 3.39. The number of hydrogen-bond donors (Lipinski definition) is 3. The molecule has 3 rings (SSSR count). The standard InChI is InChI=1S/C20H27F3N6O3/c1-12(8-20(21,22)23)25-19(31)32-11-13-3-4-15(5-13)16-7-17(28-27-16)26-18(30)6-14-9-24-29(2)10-14/h7,9-10,12-13,15H,3-6,8,11H2,1-2H3,(H,25,31)(H2,26,27,28,30)/t12-,13?,15-/m0/s1. The first-order valence-electron chi connectivity index (χ1n) is 10.4. The second-order valence-corrected chi connectivity index (χ2v) is 8.29. The van der Waals surface area contributed by atoms with Gasteiger partial charge in [0.05, 0.1) is 25.6 Å². The molecule has 0 radical (unpaired) electrons. The van der Waals surface area contributed by atoms with Crippen molar-refractivity contribution >= 4 is 17.8 Å². The van der Waals surface area contributed by atoms with Crippen molar-refractivity contribution in [3.8, 4) is 0 Å². The van der Waals surface area contributed by atoms with Crippen molar-refractivity contribution in [2.75, 3.05) is 11.9 Å². The predicted molar refractivity (Wildman–Crippen MR) is 109 cm³/mol. The van der Waals surface area contributed by atoms with Gasteiger partial charge in [-0.1, -0.05) is 0 Å². The van der Waals surface area contributed by atoms with E-state index in [1.807, 2.05) is 0 Å². The number of carbonyl (C=O) groups is 2. The summed E-state index contributed by atoms with van der Waals surface area (Å²) in [6.45, 7) is 1.43. The fraction of sp³-hybridized carbons (Fsp3) is 0.600. The molecule has 1 unspecified atom stereocenters. The number of nitrogens with one attached hydrogen (secondary N) is 3. The van der Waals surface area contributed by atoms with Crippen LogP contribution < -0.4 is 10.6 Å². The van der Waals surface area contributed by atoms with Crippen molar-refractivity contribution in [1.82, 2.24) is 25.3 Å². The summed E-state index contributed by atoms with van der Waals surface area (Å²) in [7, 11) is 1.78. The second kappa shape index (κ2) is 10.0. The normalized spacial score (nSPS) is 19.5. The summed E-state index contributed by atoms with van der Waals surface area (Å²) >= 11 is 0. The van der Waals surface area contributed by atoms with Crippen molar-refractivity contribution in [2.24, 2.45) is 13.0 Å². The van der Waals surface area contributed by atoms with E-state index in [4.69, 9.17) is 4.74 Å². The van der Waals surface area contributed by atoms with Crippen LogP contribution in [0, 0.1) is 5.92 Å². The topological polar surface area (TPSA) is 114 Å². The lowest BCUT2D eigenvalue weighted by Crippen LogP contribution is -2.36. The van der Waals surface area contributed by atoms with Gasteiger partial charge in [-0.3, -0.25) is 14.6 Å². The molecule has 1 aliphatic rings. The van der Waals surface area contributed by atoms with Crippen molar-refractivity contribution in [3.05, 3.63) is 29.7 Å². The van der Waals surface area contributed by atoms with Crippen LogP contribution in [-0.4, -0.2) is 50.8 Å². The molecule has 2 aromatic rings. The third-order valence-corrected chi connectivity index (χ3v) is 5.32. The largest absolute Gasteiger partial charge is 0.449 e. The summed E-state index contributed by atoms with van der Waals surface area (Å²) in [5.74, 6) is 0.522. The smallest absolute Gasteiger partial charge is 0.407 e. The van der Waals surface area contributed by atoms with Gasteiger partial charge in [0.25, 0.3) is 0 Å². The first-order chi connectivity index (χ1) is 15.1. The van der Waals surface area contributed by atoms with E-state index in [9.17, 15) is 22.8 Å². The van der Waals surface area contributed by atoms with E-state index < -0.39 is 24.7 Å². The quantitative estimate of drug-likeness (QED) is 0.564. The lowest BCUT2D eigenvalue weighted by atomic mass is 10.0. The number of hydrogen-bond acceptors (Lipinski definition) is 5. The molecule has 2 aromatic heterocycles. The molecule has 0 saturated heterocycles. The number of H-pyrrole nitrogens is 1. The molecule has 0 aromatic carbocycles. The van der Waals surface area contributed by atoms with Gasteiger partial charge in [0.2, 0.25) is 5.91 Å². The van der Waals surface area contributed by atoms with Crippen LogP contribution in [-0.2, 0) is 23.0 Å². The molecular formula is C20H27F3N6O3. The molecule has 2 amide bonds. The minimum absolute atomic E-state index is 0.107. The Bertz CT molecular complexity index is 926. The summed E-state index contributed by atoms with van der Waals surface area (Å²) in [5, 5.41) is 16.1. The van der Waals surface area contributed by atoms with E-state index >= 15 is 0 Å². The van der Waals surface area contributed by atoms with Crippen LogP contribution in [0.15, 0.2) is 18.5 Å². The van der Waals surface area contributed by atoms with Crippen LogP contribution in [0.2, 0.25) is 0 Å². The predicted octanol–water partition coefficient (Wildman–Crippen LogP) is 3.28. The SMILES string of the molecule is C[C@@H](CC(F)(F)F)NC(=O)OCC1CC[C@H](c2cc(NC(=O)Cc3cnn(C)c3)n[nH]2)C1. The average molecular weight is 456 g/mol. The molecular weight excluding hydrogens is 429 g/mol. The minimum atomic E-state index is -4.34. The zero-order valence-corrected chi connectivity index (χ0v) is 17.9. The van der Waals surface area contributed by atoms with Gasteiger partial charge in [-0.2, -0.15) is 23.4 Å². The van der Waals surface area contributed by atoms with E-state index in [0.29, 0.717) is 5.82 Å². The minimum Gasteiger partial charge on any atom is -0.449 e. The highest BCUT2D eigenvalue weighted by molar-refractivity contribution is 5.91. The Hall–Kier alpha value is -3.05. The van der Waals surface area contributed by atoms with Crippen LogP contribution in [0.1, 0.15) is 49.8 Å². The molecule has 3 N–H and O–H groups in total. The number of alkyl carbamates (subject to hydrolysis) is 1. The summed E-state index contributed by atoms with van der Waals surface area (Å²) < 4.78 is 43.7. The number of halogens is 3. The first-order valence-corrected chi connectivity index (χ1v) is 10.4. The van der Waals surface area contributed by atoms with E-state index in [2.05, 4.69) is 25.9 Å². The maximum absolute atomic E-state index is 12.3. The number of amides is 2. The van der Waals surface area contributed by atoms with Gasteiger partial charge in [-0.25, -0.2) is 4.79 Å². The van der Waals surface area contributed by atoms with Gasteiger partial charge in [-0.15, -0.1) is 0 Å². The van der Waals surface area contributed by atoms with E-state index in [1.165, 1.54) is 6.92 Å². The molecule has 2 heterocycles. The number of alkyl halides is 3.